The van der Waals surface area contributed by atoms with Crippen LogP contribution in [0.2, 0.25) is 0 Å². The SMILES string of the molecule is COC(=O)c1scc(C)c1S(=O)(=O)NC1CC2CCC(C1)N2.Cl. The highest BCUT2D eigenvalue weighted by molar-refractivity contribution is 7.89. The Labute approximate surface area is 146 Å². The monoisotopic (exact) mass is 380 g/mol. The molecule has 2 fully saturated rings. The van der Waals surface area contributed by atoms with Gasteiger partial charge in [0.1, 0.15) is 9.77 Å². The average molecular weight is 381 g/mol. The van der Waals surface area contributed by atoms with Gasteiger partial charge in [-0.2, -0.15) is 0 Å². The molecule has 0 spiro atoms. The number of hydrogen-bond acceptors (Lipinski definition) is 6. The van der Waals surface area contributed by atoms with Gasteiger partial charge in [0.25, 0.3) is 0 Å². The number of aryl methyl sites for hydroxylation is 1. The summed E-state index contributed by atoms with van der Waals surface area (Å²) < 4.78 is 32.9. The third-order valence-electron chi connectivity index (χ3n) is 4.35. The van der Waals surface area contributed by atoms with Crippen molar-refractivity contribution in [2.24, 2.45) is 0 Å². The first kappa shape index (κ1) is 18.7. The van der Waals surface area contributed by atoms with Crippen LogP contribution in [0.5, 0.6) is 0 Å². The second kappa shape index (κ2) is 7.06. The lowest BCUT2D eigenvalue weighted by Crippen LogP contribution is -2.48. The summed E-state index contributed by atoms with van der Waals surface area (Å²) in [6.07, 6.45) is 3.81. The number of esters is 1. The molecule has 6 nitrogen and oxygen atoms in total. The van der Waals surface area contributed by atoms with Gasteiger partial charge in [-0.15, -0.1) is 23.7 Å². The van der Waals surface area contributed by atoms with Gasteiger partial charge in [-0.1, -0.05) is 0 Å². The molecular formula is C14H21ClN2O4S2. The fourth-order valence-corrected chi connectivity index (χ4v) is 6.40. The van der Waals surface area contributed by atoms with Crippen molar-refractivity contribution in [1.29, 1.82) is 0 Å². The van der Waals surface area contributed by atoms with Crippen molar-refractivity contribution in [2.45, 2.75) is 55.6 Å². The van der Waals surface area contributed by atoms with Crippen molar-refractivity contribution in [3.05, 3.63) is 15.8 Å². The van der Waals surface area contributed by atoms with E-state index in [-0.39, 0.29) is 28.2 Å². The second-order valence-electron chi connectivity index (χ2n) is 6.00. The number of nitrogens with one attached hydrogen (secondary N) is 2. The Kier molecular flexibility index (Phi) is 5.73. The van der Waals surface area contributed by atoms with Gasteiger partial charge in [-0.25, -0.2) is 17.9 Å². The van der Waals surface area contributed by atoms with Crippen LogP contribution in [0.15, 0.2) is 10.3 Å². The van der Waals surface area contributed by atoms with Crippen LogP contribution in [0.25, 0.3) is 0 Å². The van der Waals surface area contributed by atoms with Gasteiger partial charge < -0.3 is 10.1 Å². The van der Waals surface area contributed by atoms with Crippen LogP contribution in [-0.4, -0.2) is 39.6 Å². The van der Waals surface area contributed by atoms with Gasteiger partial charge in [0.2, 0.25) is 10.0 Å². The second-order valence-corrected chi connectivity index (χ2v) is 8.53. The molecule has 1 aromatic heterocycles. The molecule has 130 valence electrons. The van der Waals surface area contributed by atoms with Crippen LogP contribution in [0.4, 0.5) is 0 Å². The summed E-state index contributed by atoms with van der Waals surface area (Å²) in [5.74, 6) is -0.608. The highest BCUT2D eigenvalue weighted by Gasteiger charge is 2.37. The lowest BCUT2D eigenvalue weighted by Gasteiger charge is -2.29. The molecule has 2 saturated heterocycles. The zero-order valence-corrected chi connectivity index (χ0v) is 15.4. The van der Waals surface area contributed by atoms with E-state index in [0.29, 0.717) is 17.6 Å². The zero-order chi connectivity index (χ0) is 15.9. The van der Waals surface area contributed by atoms with E-state index in [1.165, 1.54) is 7.11 Å². The largest absolute Gasteiger partial charge is 0.465 e. The van der Waals surface area contributed by atoms with E-state index >= 15 is 0 Å². The summed E-state index contributed by atoms with van der Waals surface area (Å²) in [6, 6.07) is 0.721. The Morgan fingerprint density at radius 1 is 1.35 bits per heavy atom. The van der Waals surface area contributed by atoms with Crippen LogP contribution < -0.4 is 10.0 Å². The fourth-order valence-electron chi connectivity index (χ4n) is 3.43. The van der Waals surface area contributed by atoms with Crippen molar-refractivity contribution in [2.75, 3.05) is 7.11 Å². The summed E-state index contributed by atoms with van der Waals surface area (Å²) in [6.45, 7) is 1.70. The van der Waals surface area contributed by atoms with Crippen molar-refractivity contribution >= 4 is 39.7 Å². The van der Waals surface area contributed by atoms with E-state index in [1.807, 2.05) is 0 Å². The molecule has 2 bridgehead atoms. The molecule has 2 aliphatic rings. The topological polar surface area (TPSA) is 84.5 Å². The zero-order valence-electron chi connectivity index (χ0n) is 13.0. The van der Waals surface area contributed by atoms with E-state index in [2.05, 4.69) is 14.8 Å². The van der Waals surface area contributed by atoms with E-state index in [0.717, 1.165) is 37.0 Å². The van der Waals surface area contributed by atoms with E-state index in [1.54, 1.807) is 12.3 Å². The number of halogens is 1. The summed E-state index contributed by atoms with van der Waals surface area (Å²) in [5, 5.41) is 5.16. The molecule has 9 heteroatoms. The third kappa shape index (κ3) is 3.71. The van der Waals surface area contributed by atoms with Gasteiger partial charge in [0, 0.05) is 18.1 Å². The molecule has 1 aromatic rings. The molecule has 3 rings (SSSR count). The number of sulfonamides is 1. The molecule has 2 aliphatic heterocycles. The molecule has 0 aromatic carbocycles. The minimum Gasteiger partial charge on any atom is -0.465 e. The van der Waals surface area contributed by atoms with Gasteiger partial charge in [0.05, 0.1) is 7.11 Å². The summed E-state index contributed by atoms with van der Waals surface area (Å²) in [7, 11) is -2.46. The molecule has 2 N–H and O–H groups in total. The first-order chi connectivity index (χ1) is 10.4. The normalized spacial score (nSPS) is 26.6. The molecule has 0 aliphatic carbocycles. The number of methoxy groups -OCH3 is 1. The molecule has 3 heterocycles. The predicted molar refractivity (Wildman–Crippen MR) is 90.9 cm³/mol. The van der Waals surface area contributed by atoms with Crippen LogP contribution in [-0.2, 0) is 14.8 Å². The fraction of sp³-hybridized carbons (Fsp3) is 0.643. The molecule has 2 unspecified atom stereocenters. The Balaban J connectivity index is 0.00000192. The maximum absolute atomic E-state index is 12.7. The van der Waals surface area contributed by atoms with Crippen molar-refractivity contribution in [3.63, 3.8) is 0 Å². The number of hydrogen-bond donors (Lipinski definition) is 2. The van der Waals surface area contributed by atoms with Crippen molar-refractivity contribution < 1.29 is 17.9 Å². The maximum Gasteiger partial charge on any atom is 0.349 e. The number of carbonyl (C=O) groups excluding carboxylic acids is 1. The minimum atomic E-state index is -3.72. The Hall–Kier alpha value is -0.670. The lowest BCUT2D eigenvalue weighted by atomic mass is 10.0. The molecule has 23 heavy (non-hydrogen) atoms. The predicted octanol–water partition coefficient (Wildman–Crippen LogP) is 1.83. The number of ether oxygens (including phenoxy) is 1. The molecule has 0 saturated carbocycles. The number of fused-ring (bicyclic) bond motifs is 2. The first-order valence-corrected chi connectivity index (χ1v) is 9.71. The first-order valence-electron chi connectivity index (χ1n) is 7.35. The standard InChI is InChI=1S/C14H20N2O4S2.ClH/c1-8-7-21-12(14(17)20-2)13(8)22(18,19)16-11-5-9-3-4-10(6-11)15-9;/h7,9-11,15-16H,3-6H2,1-2H3;1H. The van der Waals surface area contributed by atoms with Crippen molar-refractivity contribution in [1.82, 2.24) is 10.0 Å². The number of carbonyl (C=O) groups is 1. The van der Waals surface area contributed by atoms with Gasteiger partial charge in [-0.05, 0) is 43.6 Å². The van der Waals surface area contributed by atoms with Gasteiger partial charge in [0.15, 0.2) is 0 Å². The van der Waals surface area contributed by atoms with E-state index < -0.39 is 16.0 Å². The van der Waals surface area contributed by atoms with E-state index in [4.69, 9.17) is 0 Å². The van der Waals surface area contributed by atoms with E-state index in [9.17, 15) is 13.2 Å². The Bertz CT molecular complexity index is 677. The van der Waals surface area contributed by atoms with Crippen LogP contribution in [0.1, 0.15) is 40.9 Å². The molecule has 0 radical (unpaired) electrons. The Morgan fingerprint density at radius 3 is 2.52 bits per heavy atom. The van der Waals surface area contributed by atoms with Crippen molar-refractivity contribution in [3.8, 4) is 0 Å². The smallest absolute Gasteiger partial charge is 0.349 e. The van der Waals surface area contributed by atoms with Gasteiger partial charge >= 0.3 is 5.97 Å². The number of piperidine rings is 1. The van der Waals surface area contributed by atoms with Gasteiger partial charge in [-0.3, -0.25) is 0 Å². The number of thiophene rings is 1. The molecule has 0 amide bonds. The number of rotatable bonds is 4. The average Bonchev–Trinajstić information content (AvgIpc) is 3.01. The summed E-state index contributed by atoms with van der Waals surface area (Å²) >= 11 is 1.11. The lowest BCUT2D eigenvalue weighted by molar-refractivity contribution is 0.0602. The summed E-state index contributed by atoms with van der Waals surface area (Å²) in [4.78, 5) is 12.0. The minimum absolute atomic E-state index is 0. The molecule has 2 atom stereocenters. The molecular weight excluding hydrogens is 360 g/mol. The highest BCUT2D eigenvalue weighted by Crippen LogP contribution is 2.31. The third-order valence-corrected chi connectivity index (χ3v) is 7.27. The summed E-state index contributed by atoms with van der Waals surface area (Å²) in [5.41, 5.74) is 0.579. The Morgan fingerprint density at radius 2 is 1.96 bits per heavy atom. The quantitative estimate of drug-likeness (QED) is 0.778. The van der Waals surface area contributed by atoms with Crippen LogP contribution in [0, 0.1) is 6.92 Å². The van der Waals surface area contributed by atoms with Crippen LogP contribution in [0.3, 0.4) is 0 Å². The maximum atomic E-state index is 12.7. The van der Waals surface area contributed by atoms with Crippen LogP contribution >= 0.6 is 23.7 Å². The highest BCUT2D eigenvalue weighted by atomic mass is 35.5.